The van der Waals surface area contributed by atoms with Crippen molar-refractivity contribution in [3.63, 3.8) is 0 Å². The number of hydrogen-bond donors (Lipinski definition) is 4. The summed E-state index contributed by atoms with van der Waals surface area (Å²) in [5.74, 6) is 0.411. The number of likely N-dealkylation sites (N-methyl/N-ethyl adjacent to an activating group) is 1. The molecule has 142 valence electrons. The average Bonchev–Trinajstić information content (AvgIpc) is 3.10. The van der Waals surface area contributed by atoms with E-state index in [1.54, 1.807) is 25.4 Å². The summed E-state index contributed by atoms with van der Waals surface area (Å²) >= 11 is 0. The minimum Gasteiger partial charge on any atom is -0.386 e. The standard InChI is InChI=1S/C17H21N7O3/c1-18-3-4-27-8-11-5-13(17(26)20-7-11)22-14-6-12(19-2)15-16(23-14)24(10-25)9-21-15/h5-7,9-10,18H,3-4,8H2,1-2H3,(H,20,26)(H2,19,22,23). The Morgan fingerprint density at radius 3 is 2.89 bits per heavy atom. The lowest BCUT2D eigenvalue weighted by atomic mass is 10.2. The molecule has 10 nitrogen and oxygen atoms in total. The maximum absolute atomic E-state index is 12.2. The molecule has 3 heterocycles. The molecule has 0 saturated heterocycles. The molecule has 0 radical (unpaired) electrons. The van der Waals surface area contributed by atoms with Crippen LogP contribution in [-0.4, -0.2) is 53.2 Å². The van der Waals surface area contributed by atoms with E-state index >= 15 is 0 Å². The molecule has 4 N–H and O–H groups in total. The van der Waals surface area contributed by atoms with E-state index in [2.05, 4.69) is 30.9 Å². The van der Waals surface area contributed by atoms with Gasteiger partial charge in [-0.25, -0.2) is 9.97 Å². The normalized spacial score (nSPS) is 10.9. The zero-order valence-corrected chi connectivity index (χ0v) is 15.1. The fraction of sp³-hybridized carbons (Fsp3) is 0.294. The van der Waals surface area contributed by atoms with E-state index in [0.717, 1.165) is 12.1 Å². The first-order valence-electron chi connectivity index (χ1n) is 8.38. The third-order valence-electron chi connectivity index (χ3n) is 3.90. The Kier molecular flexibility index (Phi) is 5.79. The summed E-state index contributed by atoms with van der Waals surface area (Å²) in [6.45, 7) is 1.69. The van der Waals surface area contributed by atoms with Crippen molar-refractivity contribution < 1.29 is 9.53 Å². The number of ether oxygens (including phenoxy) is 1. The van der Waals surface area contributed by atoms with Crippen LogP contribution in [0.2, 0.25) is 0 Å². The Balaban J connectivity index is 1.88. The Labute approximate surface area is 155 Å². The lowest BCUT2D eigenvalue weighted by Gasteiger charge is -2.10. The summed E-state index contributed by atoms with van der Waals surface area (Å²) in [7, 11) is 3.60. The van der Waals surface area contributed by atoms with Crippen LogP contribution in [0.5, 0.6) is 0 Å². The van der Waals surface area contributed by atoms with E-state index in [1.165, 1.54) is 10.9 Å². The first-order valence-corrected chi connectivity index (χ1v) is 8.38. The van der Waals surface area contributed by atoms with E-state index < -0.39 is 0 Å². The highest BCUT2D eigenvalue weighted by atomic mass is 16.5. The molecule has 0 spiro atoms. The monoisotopic (exact) mass is 371 g/mol. The molecule has 0 unspecified atom stereocenters. The molecular weight excluding hydrogens is 350 g/mol. The molecule has 3 aromatic heterocycles. The molecule has 0 fully saturated rings. The molecule has 0 aliphatic rings. The Hall–Kier alpha value is -3.24. The van der Waals surface area contributed by atoms with Crippen molar-refractivity contribution in [3.05, 3.63) is 40.6 Å². The number of imidazole rings is 1. The van der Waals surface area contributed by atoms with Gasteiger partial charge in [-0.1, -0.05) is 0 Å². The molecule has 0 aliphatic heterocycles. The van der Waals surface area contributed by atoms with Gasteiger partial charge in [0.05, 0.1) is 18.9 Å². The van der Waals surface area contributed by atoms with Gasteiger partial charge in [0, 0.05) is 25.9 Å². The van der Waals surface area contributed by atoms with Crippen molar-refractivity contribution in [1.29, 1.82) is 0 Å². The maximum atomic E-state index is 12.2. The number of nitrogens with one attached hydrogen (secondary N) is 4. The Bertz CT molecular complexity index is 996. The van der Waals surface area contributed by atoms with Gasteiger partial charge in [-0.05, 0) is 18.7 Å². The zero-order valence-electron chi connectivity index (χ0n) is 15.1. The molecule has 0 saturated carbocycles. The SMILES string of the molecule is CNCCOCc1c[nH]c(=O)c(Nc2cc(NC)c3ncn(C=O)c3n2)c1. The zero-order chi connectivity index (χ0) is 19.2. The van der Waals surface area contributed by atoms with E-state index in [4.69, 9.17) is 4.74 Å². The average molecular weight is 371 g/mol. The third kappa shape index (κ3) is 4.13. The van der Waals surface area contributed by atoms with Crippen LogP contribution in [0.15, 0.2) is 29.5 Å². The fourth-order valence-corrected chi connectivity index (χ4v) is 2.55. The van der Waals surface area contributed by atoms with Crippen LogP contribution in [0.1, 0.15) is 5.56 Å². The summed E-state index contributed by atoms with van der Waals surface area (Å²) in [4.78, 5) is 34.6. The van der Waals surface area contributed by atoms with Crippen LogP contribution in [0.3, 0.4) is 0 Å². The van der Waals surface area contributed by atoms with Crippen molar-refractivity contribution in [2.75, 3.05) is 37.9 Å². The second kappa shape index (κ2) is 8.43. The van der Waals surface area contributed by atoms with Gasteiger partial charge in [0.1, 0.15) is 23.3 Å². The first-order chi connectivity index (χ1) is 13.2. The molecule has 3 rings (SSSR count). The number of nitrogens with zero attached hydrogens (tertiary/aromatic N) is 3. The Morgan fingerprint density at radius 1 is 1.30 bits per heavy atom. The van der Waals surface area contributed by atoms with Crippen molar-refractivity contribution in [1.82, 2.24) is 24.8 Å². The highest BCUT2D eigenvalue weighted by Crippen LogP contribution is 2.24. The number of aromatic nitrogens is 4. The van der Waals surface area contributed by atoms with Gasteiger partial charge in [0.2, 0.25) is 6.41 Å². The second-order valence-corrected chi connectivity index (χ2v) is 5.77. The third-order valence-corrected chi connectivity index (χ3v) is 3.90. The number of fused-ring (bicyclic) bond motifs is 1. The van der Waals surface area contributed by atoms with Crippen LogP contribution in [-0.2, 0) is 16.1 Å². The molecule has 3 aromatic rings. The highest BCUT2D eigenvalue weighted by molar-refractivity contribution is 5.91. The largest absolute Gasteiger partial charge is 0.386 e. The molecular formula is C17H21N7O3. The second-order valence-electron chi connectivity index (χ2n) is 5.77. The van der Waals surface area contributed by atoms with Crippen molar-refractivity contribution in [3.8, 4) is 0 Å². The number of pyridine rings is 2. The maximum Gasteiger partial charge on any atom is 0.271 e. The summed E-state index contributed by atoms with van der Waals surface area (Å²) < 4.78 is 6.81. The number of rotatable bonds is 9. The summed E-state index contributed by atoms with van der Waals surface area (Å²) in [6.07, 6.45) is 3.64. The molecule has 0 amide bonds. The topological polar surface area (TPSA) is 126 Å². The molecule has 0 aliphatic carbocycles. The van der Waals surface area contributed by atoms with Crippen molar-refractivity contribution >= 4 is 34.8 Å². The predicted octanol–water partition coefficient (Wildman–Crippen LogP) is 0.679. The van der Waals surface area contributed by atoms with Crippen LogP contribution >= 0.6 is 0 Å². The Morgan fingerprint density at radius 2 is 2.15 bits per heavy atom. The quantitative estimate of drug-likeness (QED) is 0.320. The number of anilines is 3. The summed E-state index contributed by atoms with van der Waals surface area (Å²) in [5, 5.41) is 9.02. The number of carbonyl (C=O) groups excluding carboxylic acids is 1. The minimum absolute atomic E-state index is 0.286. The van der Waals surface area contributed by atoms with Gasteiger partial charge in [0.25, 0.3) is 5.56 Å². The van der Waals surface area contributed by atoms with E-state index in [1.807, 2.05) is 7.05 Å². The summed E-state index contributed by atoms with van der Waals surface area (Å²) in [6, 6.07) is 3.43. The highest BCUT2D eigenvalue weighted by Gasteiger charge is 2.12. The number of hydrogen-bond acceptors (Lipinski definition) is 8. The first kappa shape index (κ1) is 18.5. The smallest absolute Gasteiger partial charge is 0.271 e. The molecule has 0 bridgehead atoms. The van der Waals surface area contributed by atoms with Crippen LogP contribution in [0.25, 0.3) is 11.2 Å². The molecule has 10 heteroatoms. The van der Waals surface area contributed by atoms with E-state index in [0.29, 0.717) is 48.0 Å². The van der Waals surface area contributed by atoms with Crippen LogP contribution < -0.4 is 21.5 Å². The van der Waals surface area contributed by atoms with Crippen molar-refractivity contribution in [2.45, 2.75) is 6.61 Å². The van der Waals surface area contributed by atoms with Crippen LogP contribution in [0.4, 0.5) is 17.2 Å². The summed E-state index contributed by atoms with van der Waals surface area (Å²) in [5.41, 5.74) is 2.51. The minimum atomic E-state index is -0.286. The van der Waals surface area contributed by atoms with Gasteiger partial charge < -0.3 is 25.7 Å². The molecule has 27 heavy (non-hydrogen) atoms. The lowest BCUT2D eigenvalue weighted by Crippen LogP contribution is -2.15. The van der Waals surface area contributed by atoms with Gasteiger partial charge >= 0.3 is 0 Å². The van der Waals surface area contributed by atoms with Gasteiger partial charge in [-0.15, -0.1) is 0 Å². The molecule has 0 atom stereocenters. The van der Waals surface area contributed by atoms with Gasteiger partial charge in [-0.3, -0.25) is 14.2 Å². The number of H-pyrrole nitrogens is 1. The van der Waals surface area contributed by atoms with Gasteiger partial charge in [-0.2, -0.15) is 0 Å². The lowest BCUT2D eigenvalue weighted by molar-refractivity contribution is 0.124. The van der Waals surface area contributed by atoms with Crippen LogP contribution in [0, 0.1) is 0 Å². The predicted molar refractivity (Wildman–Crippen MR) is 103 cm³/mol. The number of aromatic amines is 1. The number of carbonyl (C=O) groups is 1. The fourth-order valence-electron chi connectivity index (χ4n) is 2.55. The van der Waals surface area contributed by atoms with Crippen molar-refractivity contribution in [2.24, 2.45) is 0 Å². The van der Waals surface area contributed by atoms with E-state index in [9.17, 15) is 9.59 Å². The van der Waals surface area contributed by atoms with E-state index in [-0.39, 0.29) is 5.56 Å². The molecule has 0 aromatic carbocycles. The van der Waals surface area contributed by atoms with Gasteiger partial charge in [0.15, 0.2) is 5.65 Å².